The lowest BCUT2D eigenvalue weighted by Crippen LogP contribution is -2.42. The van der Waals surface area contributed by atoms with Gasteiger partial charge in [-0.25, -0.2) is 0 Å². The van der Waals surface area contributed by atoms with Gasteiger partial charge in [0, 0.05) is 18.0 Å². The van der Waals surface area contributed by atoms with Gasteiger partial charge in [-0.05, 0) is 38.5 Å². The fourth-order valence-electron chi connectivity index (χ4n) is 2.33. The number of carbonyl (C=O) groups excluding carboxylic acids is 2. The predicted molar refractivity (Wildman–Crippen MR) is 64.1 cm³/mol. The Morgan fingerprint density at radius 1 is 1.00 bits per heavy atom. The molecule has 17 heavy (non-hydrogen) atoms. The van der Waals surface area contributed by atoms with Crippen molar-refractivity contribution in [3.8, 4) is 0 Å². The van der Waals surface area contributed by atoms with E-state index in [4.69, 9.17) is 5.73 Å². The van der Waals surface area contributed by atoms with Crippen LogP contribution < -0.4 is 16.4 Å². The van der Waals surface area contributed by atoms with E-state index in [0.29, 0.717) is 18.6 Å². The highest BCUT2D eigenvalue weighted by atomic mass is 16.2. The van der Waals surface area contributed by atoms with Crippen molar-refractivity contribution in [2.75, 3.05) is 6.54 Å². The lowest BCUT2D eigenvalue weighted by molar-refractivity contribution is -0.123. The maximum atomic E-state index is 11.5. The molecule has 5 heteroatoms. The summed E-state index contributed by atoms with van der Waals surface area (Å²) >= 11 is 0. The van der Waals surface area contributed by atoms with Gasteiger partial charge in [0.25, 0.3) is 0 Å². The Bertz CT molecular complexity index is 294. The van der Waals surface area contributed by atoms with Crippen LogP contribution in [0.25, 0.3) is 0 Å². The van der Waals surface area contributed by atoms with E-state index in [9.17, 15) is 9.59 Å². The van der Waals surface area contributed by atoms with E-state index in [1.165, 1.54) is 0 Å². The van der Waals surface area contributed by atoms with E-state index in [1.54, 1.807) is 0 Å². The summed E-state index contributed by atoms with van der Waals surface area (Å²) in [5.74, 6) is -0.0622. The van der Waals surface area contributed by atoms with E-state index in [0.717, 1.165) is 38.5 Å². The lowest BCUT2D eigenvalue weighted by atomic mass is 9.85. The number of amides is 2. The van der Waals surface area contributed by atoms with Crippen LogP contribution in [0.5, 0.6) is 0 Å². The quantitative estimate of drug-likeness (QED) is 0.626. The zero-order valence-corrected chi connectivity index (χ0v) is 10.1. The number of hydrogen-bond donors (Lipinski definition) is 3. The topological polar surface area (TPSA) is 84.2 Å². The molecule has 0 radical (unpaired) electrons. The Kier molecular flexibility index (Phi) is 3.99. The van der Waals surface area contributed by atoms with Crippen molar-refractivity contribution in [2.24, 2.45) is 11.7 Å². The first kappa shape index (κ1) is 12.4. The van der Waals surface area contributed by atoms with Crippen LogP contribution in [0.15, 0.2) is 0 Å². The maximum absolute atomic E-state index is 11.5. The molecule has 4 N–H and O–H groups in total. The van der Waals surface area contributed by atoms with Crippen molar-refractivity contribution in [2.45, 2.75) is 50.6 Å². The highest BCUT2D eigenvalue weighted by Crippen LogP contribution is 2.23. The fourth-order valence-corrected chi connectivity index (χ4v) is 2.33. The molecule has 0 bridgehead atoms. The first-order valence-corrected chi connectivity index (χ1v) is 6.47. The third-order valence-corrected chi connectivity index (χ3v) is 3.62. The average molecular weight is 239 g/mol. The van der Waals surface area contributed by atoms with E-state index < -0.39 is 0 Å². The third kappa shape index (κ3) is 4.00. The second-order valence-electron chi connectivity index (χ2n) is 5.17. The van der Waals surface area contributed by atoms with Gasteiger partial charge in [0.15, 0.2) is 0 Å². The molecule has 96 valence electrons. The highest BCUT2D eigenvalue weighted by molar-refractivity contribution is 5.78. The molecule has 2 aliphatic carbocycles. The molecule has 0 atom stereocenters. The van der Waals surface area contributed by atoms with Crippen LogP contribution in [-0.4, -0.2) is 30.4 Å². The molecule has 0 aromatic carbocycles. The number of hydrogen-bond acceptors (Lipinski definition) is 3. The number of carbonyl (C=O) groups is 2. The Balaban J connectivity index is 1.60. The minimum atomic E-state index is -0.185. The molecule has 2 saturated carbocycles. The first-order valence-electron chi connectivity index (χ1n) is 6.47. The van der Waals surface area contributed by atoms with Gasteiger partial charge >= 0.3 is 0 Å². The maximum Gasteiger partial charge on any atom is 0.234 e. The van der Waals surface area contributed by atoms with Gasteiger partial charge in [0.05, 0.1) is 6.54 Å². The molecule has 0 saturated heterocycles. The molecule has 2 rings (SSSR count). The smallest absolute Gasteiger partial charge is 0.234 e. The standard InChI is InChI=1S/C12H21N3O2/c13-12(17)8-1-3-9(4-2-8)14-7-11(16)15-10-5-6-10/h8-10,14H,1-7H2,(H2,13,17)(H,15,16). The van der Waals surface area contributed by atoms with Gasteiger partial charge in [-0.3, -0.25) is 9.59 Å². The van der Waals surface area contributed by atoms with E-state index in [1.807, 2.05) is 0 Å². The second kappa shape index (κ2) is 5.49. The summed E-state index contributed by atoms with van der Waals surface area (Å²) in [7, 11) is 0. The predicted octanol–water partition coefficient (Wildman–Crippen LogP) is -0.101. The number of rotatable bonds is 5. The molecule has 5 nitrogen and oxygen atoms in total. The van der Waals surface area contributed by atoms with Crippen molar-refractivity contribution in [1.29, 1.82) is 0 Å². The van der Waals surface area contributed by atoms with Crippen molar-refractivity contribution in [3.05, 3.63) is 0 Å². The van der Waals surface area contributed by atoms with E-state index >= 15 is 0 Å². The van der Waals surface area contributed by atoms with Gasteiger partial charge in [0.1, 0.15) is 0 Å². The van der Waals surface area contributed by atoms with Crippen LogP contribution >= 0.6 is 0 Å². The molecular formula is C12H21N3O2. The van der Waals surface area contributed by atoms with Crippen LogP contribution in [0.3, 0.4) is 0 Å². The molecule has 0 aliphatic heterocycles. The Morgan fingerprint density at radius 2 is 1.59 bits per heavy atom. The van der Waals surface area contributed by atoms with E-state index in [2.05, 4.69) is 10.6 Å². The number of primary amides is 1. The van der Waals surface area contributed by atoms with Crippen molar-refractivity contribution < 1.29 is 9.59 Å². The fraction of sp³-hybridized carbons (Fsp3) is 0.833. The van der Waals surface area contributed by atoms with Crippen LogP contribution in [0.2, 0.25) is 0 Å². The Labute approximate surface area is 102 Å². The monoisotopic (exact) mass is 239 g/mol. The molecule has 2 fully saturated rings. The lowest BCUT2D eigenvalue weighted by Gasteiger charge is -2.27. The third-order valence-electron chi connectivity index (χ3n) is 3.62. The van der Waals surface area contributed by atoms with Crippen LogP contribution in [0.1, 0.15) is 38.5 Å². The molecule has 2 amide bonds. The summed E-state index contributed by atoms with van der Waals surface area (Å²) in [6.07, 6.45) is 5.80. The molecular weight excluding hydrogens is 218 g/mol. The summed E-state index contributed by atoms with van der Waals surface area (Å²) in [5.41, 5.74) is 5.27. The SMILES string of the molecule is NC(=O)C1CCC(NCC(=O)NC2CC2)CC1. The second-order valence-corrected chi connectivity index (χ2v) is 5.17. The molecule has 2 aliphatic rings. The minimum Gasteiger partial charge on any atom is -0.369 e. The van der Waals surface area contributed by atoms with Crippen molar-refractivity contribution in [3.63, 3.8) is 0 Å². The number of nitrogens with one attached hydrogen (secondary N) is 2. The van der Waals surface area contributed by atoms with Gasteiger partial charge < -0.3 is 16.4 Å². The Morgan fingerprint density at radius 3 is 2.12 bits per heavy atom. The van der Waals surface area contributed by atoms with Gasteiger partial charge in [-0.15, -0.1) is 0 Å². The minimum absolute atomic E-state index is 0.0355. The van der Waals surface area contributed by atoms with Crippen LogP contribution in [-0.2, 0) is 9.59 Å². The molecule has 0 spiro atoms. The van der Waals surface area contributed by atoms with Crippen molar-refractivity contribution in [1.82, 2.24) is 10.6 Å². The molecule has 0 aromatic rings. The van der Waals surface area contributed by atoms with E-state index in [-0.39, 0.29) is 17.7 Å². The summed E-state index contributed by atoms with van der Waals surface area (Å²) in [6.45, 7) is 0.391. The average Bonchev–Trinajstić information content (AvgIpc) is 3.11. The molecule has 0 aromatic heterocycles. The zero-order valence-electron chi connectivity index (χ0n) is 10.1. The molecule has 0 unspecified atom stereocenters. The summed E-state index contributed by atoms with van der Waals surface area (Å²) < 4.78 is 0. The zero-order chi connectivity index (χ0) is 12.3. The van der Waals surface area contributed by atoms with Crippen molar-refractivity contribution >= 4 is 11.8 Å². The summed E-state index contributed by atoms with van der Waals surface area (Å²) in [6, 6.07) is 0.783. The normalized spacial score (nSPS) is 28.7. The van der Waals surface area contributed by atoms with Gasteiger partial charge in [0.2, 0.25) is 11.8 Å². The Hall–Kier alpha value is -1.10. The largest absolute Gasteiger partial charge is 0.369 e. The van der Waals surface area contributed by atoms with Gasteiger partial charge in [-0.1, -0.05) is 0 Å². The summed E-state index contributed by atoms with van der Waals surface area (Å²) in [4.78, 5) is 22.5. The van der Waals surface area contributed by atoms with Crippen LogP contribution in [0.4, 0.5) is 0 Å². The molecule has 0 heterocycles. The number of nitrogens with two attached hydrogens (primary N) is 1. The van der Waals surface area contributed by atoms with Crippen LogP contribution in [0, 0.1) is 5.92 Å². The van der Waals surface area contributed by atoms with Gasteiger partial charge in [-0.2, -0.15) is 0 Å². The highest BCUT2D eigenvalue weighted by Gasteiger charge is 2.26. The summed E-state index contributed by atoms with van der Waals surface area (Å²) in [5, 5.41) is 6.19. The first-order chi connectivity index (χ1) is 8.15.